The van der Waals surface area contributed by atoms with E-state index in [1.807, 2.05) is 32.0 Å². The maximum Gasteiger partial charge on any atom is 0.411 e. The minimum atomic E-state index is -1.66. The molecule has 0 heterocycles. The first-order valence-electron chi connectivity index (χ1n) is 9.43. The van der Waals surface area contributed by atoms with E-state index in [9.17, 15) is 4.79 Å². The van der Waals surface area contributed by atoms with E-state index in [4.69, 9.17) is 62.7 Å². The maximum atomic E-state index is 13.0. The fraction of sp³-hybridized carbons (Fsp3) is 0.632. The molecule has 1 aromatic rings. The molecule has 3 atom stereocenters. The largest absolute Gasteiger partial charge is 0.445 e. The Morgan fingerprint density at radius 1 is 1.24 bits per heavy atom. The molecule has 1 amide bonds. The number of ether oxygens (including phenoxy) is 1. The van der Waals surface area contributed by atoms with E-state index in [1.54, 1.807) is 17.0 Å². The van der Waals surface area contributed by atoms with Crippen molar-refractivity contribution < 1.29 is 9.53 Å². The van der Waals surface area contributed by atoms with Crippen molar-refractivity contribution >= 4 is 69.8 Å². The van der Waals surface area contributed by atoms with Crippen LogP contribution in [-0.4, -0.2) is 58.6 Å². The zero-order valence-corrected chi connectivity index (χ0v) is 20.4. The van der Waals surface area contributed by atoms with Crippen LogP contribution in [0.1, 0.15) is 32.6 Å². The van der Waals surface area contributed by atoms with Crippen LogP contribution in [-0.2, 0) is 4.74 Å². The number of hydrogen-bond acceptors (Lipinski definition) is 4. The molecule has 1 aliphatic carbocycles. The Bertz CT molecular complexity index is 699. The number of halogens is 5. The van der Waals surface area contributed by atoms with Crippen molar-refractivity contribution in [3.05, 3.63) is 28.2 Å². The molecule has 1 aromatic carbocycles. The fourth-order valence-electron chi connectivity index (χ4n) is 3.75. The normalized spacial score (nSPS) is 20.6. The molecule has 0 saturated heterocycles. The lowest BCUT2D eigenvalue weighted by Gasteiger charge is -2.41. The van der Waals surface area contributed by atoms with Crippen LogP contribution in [0.15, 0.2) is 18.2 Å². The van der Waals surface area contributed by atoms with Gasteiger partial charge in [-0.05, 0) is 58.0 Å². The lowest BCUT2D eigenvalue weighted by Crippen LogP contribution is -2.56. The van der Waals surface area contributed by atoms with Gasteiger partial charge < -0.3 is 10.1 Å². The van der Waals surface area contributed by atoms with E-state index in [1.165, 1.54) is 0 Å². The van der Waals surface area contributed by atoms with Gasteiger partial charge in [-0.1, -0.05) is 64.9 Å². The zero-order chi connectivity index (χ0) is 21.8. The Hall–Kier alpha value is -0.300. The Balaban J connectivity index is 2.24. The Kier molecular flexibility index (Phi) is 9.32. The molecule has 1 N–H and O–H groups in total. The van der Waals surface area contributed by atoms with Crippen LogP contribution in [0, 0.1) is 0 Å². The van der Waals surface area contributed by atoms with Gasteiger partial charge in [-0.15, -0.1) is 0 Å². The molecule has 0 radical (unpaired) electrons. The third-order valence-corrected chi connectivity index (χ3v) is 6.03. The summed E-state index contributed by atoms with van der Waals surface area (Å²) in [4.78, 5) is 16.8. The van der Waals surface area contributed by atoms with Crippen LogP contribution in [0.2, 0.25) is 10.0 Å². The minimum absolute atomic E-state index is 0.0292. The van der Waals surface area contributed by atoms with Crippen molar-refractivity contribution in [2.75, 3.05) is 26.0 Å². The Morgan fingerprint density at radius 2 is 1.93 bits per heavy atom. The topological polar surface area (TPSA) is 44.8 Å². The van der Waals surface area contributed by atoms with Crippen molar-refractivity contribution in [2.24, 2.45) is 0 Å². The second kappa shape index (κ2) is 10.8. The van der Waals surface area contributed by atoms with Gasteiger partial charge in [0.1, 0.15) is 6.61 Å². The molecule has 1 aliphatic rings. The van der Waals surface area contributed by atoms with Crippen LogP contribution < -0.4 is 5.32 Å². The van der Waals surface area contributed by atoms with Crippen LogP contribution >= 0.6 is 58.0 Å². The van der Waals surface area contributed by atoms with Gasteiger partial charge in [-0.25, -0.2) is 4.79 Å². The predicted octanol–water partition coefficient (Wildman–Crippen LogP) is 6.43. The summed E-state index contributed by atoms with van der Waals surface area (Å²) in [5, 5.41) is 4.47. The van der Waals surface area contributed by atoms with E-state index >= 15 is 0 Å². The number of carbonyl (C=O) groups is 1. The third kappa shape index (κ3) is 7.12. The van der Waals surface area contributed by atoms with E-state index < -0.39 is 9.89 Å². The molecule has 0 aliphatic heterocycles. The molecule has 29 heavy (non-hydrogen) atoms. The quantitative estimate of drug-likeness (QED) is 0.342. The van der Waals surface area contributed by atoms with Gasteiger partial charge in [-0.2, -0.15) is 0 Å². The summed E-state index contributed by atoms with van der Waals surface area (Å²) in [5.74, 6) is 0. The Morgan fingerprint density at radius 3 is 2.48 bits per heavy atom. The van der Waals surface area contributed by atoms with Crippen molar-refractivity contribution in [2.45, 2.75) is 54.6 Å². The first kappa shape index (κ1) is 25.0. The summed E-state index contributed by atoms with van der Waals surface area (Å²) in [6.07, 6.45) is 2.80. The highest BCUT2D eigenvalue weighted by atomic mass is 35.6. The number of alkyl halides is 3. The SMILES string of the molecule is CCC(N(C)C)N(C(=O)OCC(Cl)(Cl)Cl)C1CCCC1Nc1ccc(Cl)c(Cl)c1. The number of carbonyl (C=O) groups excluding carboxylic acids is 1. The van der Waals surface area contributed by atoms with Crippen molar-refractivity contribution in [3.63, 3.8) is 0 Å². The first-order chi connectivity index (χ1) is 13.5. The van der Waals surface area contributed by atoms with Crippen LogP contribution in [0.4, 0.5) is 10.5 Å². The van der Waals surface area contributed by atoms with Gasteiger partial charge >= 0.3 is 6.09 Å². The number of rotatable bonds is 7. The molecule has 2 rings (SSSR count). The summed E-state index contributed by atoms with van der Waals surface area (Å²) >= 11 is 29.5. The van der Waals surface area contributed by atoms with Gasteiger partial charge in [0.15, 0.2) is 0 Å². The number of anilines is 1. The minimum Gasteiger partial charge on any atom is -0.445 e. The predicted molar refractivity (Wildman–Crippen MR) is 123 cm³/mol. The molecule has 1 saturated carbocycles. The van der Waals surface area contributed by atoms with E-state index in [-0.39, 0.29) is 24.9 Å². The molecule has 1 fully saturated rings. The Labute approximate surface area is 197 Å². The van der Waals surface area contributed by atoms with Gasteiger partial charge in [-0.3, -0.25) is 9.80 Å². The van der Waals surface area contributed by atoms with Crippen molar-refractivity contribution in [1.82, 2.24) is 9.80 Å². The summed E-state index contributed by atoms with van der Waals surface area (Å²) in [7, 11) is 3.86. The second-order valence-electron chi connectivity index (χ2n) is 7.31. The number of nitrogens with zero attached hydrogens (tertiary/aromatic N) is 2. The van der Waals surface area contributed by atoms with Crippen LogP contribution in [0.25, 0.3) is 0 Å². The molecule has 3 unspecified atom stereocenters. The lowest BCUT2D eigenvalue weighted by atomic mass is 10.1. The molecule has 0 aromatic heterocycles. The van der Waals surface area contributed by atoms with Crippen LogP contribution in [0.5, 0.6) is 0 Å². The second-order valence-corrected chi connectivity index (χ2v) is 10.6. The molecular weight excluding hydrogens is 479 g/mol. The lowest BCUT2D eigenvalue weighted by molar-refractivity contribution is 0.0211. The highest BCUT2D eigenvalue weighted by molar-refractivity contribution is 6.67. The summed E-state index contributed by atoms with van der Waals surface area (Å²) in [6, 6.07) is 5.35. The number of hydrogen-bond donors (Lipinski definition) is 1. The van der Waals surface area contributed by atoms with E-state index in [2.05, 4.69) is 5.32 Å². The highest BCUT2D eigenvalue weighted by Gasteiger charge is 2.40. The number of amides is 1. The van der Waals surface area contributed by atoms with Crippen molar-refractivity contribution in [1.29, 1.82) is 0 Å². The van der Waals surface area contributed by atoms with E-state index in [0.717, 1.165) is 31.4 Å². The summed E-state index contributed by atoms with van der Waals surface area (Å²) in [6.45, 7) is 1.71. The van der Waals surface area contributed by atoms with E-state index in [0.29, 0.717) is 10.0 Å². The third-order valence-electron chi connectivity index (χ3n) is 4.96. The summed E-state index contributed by atoms with van der Waals surface area (Å²) in [5.41, 5.74) is 0.851. The zero-order valence-electron chi connectivity index (χ0n) is 16.6. The van der Waals surface area contributed by atoms with Gasteiger partial charge in [0.2, 0.25) is 3.79 Å². The molecule has 164 valence electrons. The fourth-order valence-corrected chi connectivity index (χ4v) is 4.21. The molecule has 0 spiro atoms. The van der Waals surface area contributed by atoms with Gasteiger partial charge in [0.25, 0.3) is 0 Å². The van der Waals surface area contributed by atoms with Crippen LogP contribution in [0.3, 0.4) is 0 Å². The standard InChI is InChI=1S/C19H26Cl5N3O2/c1-4-17(26(2)3)27(18(28)29-11-19(22,23)24)16-7-5-6-15(16)25-12-8-9-13(20)14(21)10-12/h8-10,15-17,25H,4-7,11H2,1-3H3. The monoisotopic (exact) mass is 503 g/mol. The number of nitrogens with one attached hydrogen (secondary N) is 1. The summed E-state index contributed by atoms with van der Waals surface area (Å²) < 4.78 is 3.69. The smallest absolute Gasteiger partial charge is 0.411 e. The molecular formula is C19H26Cl5N3O2. The molecule has 5 nitrogen and oxygen atoms in total. The average Bonchev–Trinajstić information content (AvgIpc) is 3.07. The van der Waals surface area contributed by atoms with Gasteiger partial charge in [0.05, 0.1) is 22.3 Å². The van der Waals surface area contributed by atoms with Gasteiger partial charge in [0, 0.05) is 11.7 Å². The number of benzene rings is 1. The molecule has 10 heteroatoms. The first-order valence-corrected chi connectivity index (χ1v) is 11.3. The maximum absolute atomic E-state index is 13.0. The van der Waals surface area contributed by atoms with Crippen molar-refractivity contribution in [3.8, 4) is 0 Å². The highest BCUT2D eigenvalue weighted by Crippen LogP contribution is 2.33. The molecule has 0 bridgehead atoms. The average molecular weight is 506 g/mol.